The number of hydrogen-bond donors (Lipinski definition) is 46. The van der Waals surface area contributed by atoms with Gasteiger partial charge in [-0.25, -0.2) is 4.79 Å². The van der Waals surface area contributed by atoms with Crippen LogP contribution in [0.2, 0.25) is 0 Å². The first kappa shape index (κ1) is 117. The Morgan fingerprint density at radius 1 is 0.227 bits per heavy atom. The third-order valence-corrected chi connectivity index (χ3v) is 18.9. The zero-order valence-electron chi connectivity index (χ0n) is 74.3. The number of carbonyl (C=O) groups is 14. The molecular weight excluding hydrogens is 1740 g/mol. The molecule has 12 unspecified atom stereocenters. The third-order valence-electron chi connectivity index (χ3n) is 18.9. The van der Waals surface area contributed by atoms with Gasteiger partial charge in [-0.1, -0.05) is 13.8 Å². The highest BCUT2D eigenvalue weighted by molar-refractivity contribution is 6.00. The van der Waals surface area contributed by atoms with Crippen LogP contribution in [0.4, 0.5) is 0 Å². The second kappa shape index (κ2) is 66.6. The van der Waals surface area contributed by atoms with Crippen LogP contribution >= 0.6 is 0 Å². The summed E-state index contributed by atoms with van der Waals surface area (Å²) in [6.07, 6.45) is -2.19. The van der Waals surface area contributed by atoms with E-state index in [1.807, 2.05) is 0 Å². The van der Waals surface area contributed by atoms with E-state index in [9.17, 15) is 77.3 Å². The first-order chi connectivity index (χ1) is 62.2. The van der Waals surface area contributed by atoms with Gasteiger partial charge in [0, 0.05) is 65.4 Å². The van der Waals surface area contributed by atoms with Gasteiger partial charge in [0.15, 0.2) is 59.6 Å². The summed E-state index contributed by atoms with van der Waals surface area (Å²) in [5.74, 6) is -19.4. The van der Waals surface area contributed by atoms with Crippen molar-refractivity contribution in [3.63, 3.8) is 0 Å². The number of aliphatic hydroxyl groups excluding tert-OH is 1. The Labute approximate surface area is 762 Å². The molecule has 746 valence electrons. The fourth-order valence-corrected chi connectivity index (χ4v) is 12.0. The highest BCUT2D eigenvalue weighted by Gasteiger charge is 2.37. The summed E-state index contributed by atoms with van der Waals surface area (Å²) < 4.78 is 0. The van der Waals surface area contributed by atoms with Crippen molar-refractivity contribution in [3.05, 3.63) is 0 Å². The summed E-state index contributed by atoms with van der Waals surface area (Å²) in [4.78, 5) is 197. The monoisotopic (exact) mass is 1880 g/mol. The van der Waals surface area contributed by atoms with Crippen LogP contribution in [-0.4, -0.2) is 310 Å². The number of aliphatic carboxylic acids is 1. The van der Waals surface area contributed by atoms with Crippen LogP contribution in [0.1, 0.15) is 142 Å². The molecule has 0 bridgehead atoms. The Morgan fingerprint density at radius 3 is 0.583 bits per heavy atom. The number of amides is 13. The lowest BCUT2D eigenvalue weighted by Gasteiger charge is -2.28. The van der Waals surface area contributed by atoms with Crippen molar-refractivity contribution in [3.8, 4) is 0 Å². The van der Waals surface area contributed by atoms with E-state index in [2.05, 4.69) is 122 Å². The summed E-state index contributed by atoms with van der Waals surface area (Å²) >= 11 is 0. The molecule has 0 aromatic heterocycles. The van der Waals surface area contributed by atoms with Crippen molar-refractivity contribution in [2.24, 2.45) is 69.0 Å². The molecule has 12 atom stereocenters. The Balaban J connectivity index is 7.59. The van der Waals surface area contributed by atoms with Gasteiger partial charge in [0.1, 0.15) is 66.5 Å². The van der Waals surface area contributed by atoms with E-state index in [-0.39, 0.29) is 200 Å². The van der Waals surface area contributed by atoms with Crippen molar-refractivity contribution < 1.29 is 77.3 Å². The van der Waals surface area contributed by atoms with Gasteiger partial charge in [-0.3, -0.25) is 116 Å². The Bertz CT molecular complexity index is 3860. The molecule has 132 heavy (non-hydrogen) atoms. The number of carboxylic acids is 1. The third kappa shape index (κ3) is 56.4. The number of aliphatic hydroxyl groups is 1. The van der Waals surface area contributed by atoms with Crippen molar-refractivity contribution >= 4 is 142 Å². The van der Waals surface area contributed by atoms with Crippen LogP contribution in [-0.2, 0) is 67.1 Å². The van der Waals surface area contributed by atoms with Gasteiger partial charge in [0.2, 0.25) is 76.8 Å². The van der Waals surface area contributed by atoms with E-state index in [0.717, 1.165) is 0 Å². The number of nitrogens with one attached hydrogen (secondary N) is 33. The zero-order chi connectivity index (χ0) is 100.0. The van der Waals surface area contributed by atoms with Crippen molar-refractivity contribution in [2.75, 3.05) is 85.1 Å². The minimum absolute atomic E-state index is 0.00110. The average Bonchev–Trinajstić information content (AvgIpc) is 0.863. The molecule has 60 heteroatoms. The number of hydrogen-bond acceptors (Lipinski definition) is 26. The summed E-state index contributed by atoms with van der Waals surface area (Å²) in [7, 11) is 0. The van der Waals surface area contributed by atoms with Crippen molar-refractivity contribution in [1.29, 1.82) is 54.1 Å². The molecule has 0 rings (SSSR count). The van der Waals surface area contributed by atoms with E-state index < -0.39 is 235 Å². The number of guanidine groups is 10. The summed E-state index contributed by atoms with van der Waals surface area (Å²) in [5, 5.41) is 154. The summed E-state index contributed by atoms with van der Waals surface area (Å²) in [6, 6.07) is -18.4. The van der Waals surface area contributed by atoms with Crippen molar-refractivity contribution in [2.45, 2.75) is 215 Å². The van der Waals surface area contributed by atoms with E-state index in [1.165, 1.54) is 0 Å². The lowest BCUT2D eigenvalue weighted by Crippen LogP contribution is -2.60. The SMILES string of the molecule is CC(C)C(N)C(=O)NC(CO)C(=O)NC(CCCNC(=N)N)C(=O)NC(CCCNC(=N)N)C(=O)NC(CCCNC(=N)N)C(=O)NC(CCCNC(=N)N)C(=O)NC(CCCNC(=N)N)C(=O)NC(CCCNC(=N)N)C(=O)NCC(=O)NCC(=O)NC(CCCNC(=N)N)C(=O)NC(CCCNC(=N)N)C(=O)NC(CCCNC(=N)N)C(=O)NC(CCCNC(=N)N)C(=O)O. The van der Waals surface area contributed by atoms with E-state index in [4.69, 9.17) is 117 Å². The molecule has 60 nitrogen and oxygen atoms in total. The largest absolute Gasteiger partial charge is 0.480 e. The van der Waals surface area contributed by atoms with E-state index in [0.29, 0.717) is 0 Å². The normalized spacial score (nSPS) is 13.4. The maximum absolute atomic E-state index is 14.9. The average molecular weight is 1880 g/mol. The molecule has 0 radical (unpaired) electrons. The van der Waals surface area contributed by atoms with Gasteiger partial charge in [0.05, 0.1) is 25.7 Å². The van der Waals surface area contributed by atoms with Gasteiger partial charge in [-0.2, -0.15) is 0 Å². The molecular formula is C72H142N44O16. The number of rotatable bonds is 69. The second-order valence-corrected chi connectivity index (χ2v) is 30.3. The van der Waals surface area contributed by atoms with E-state index in [1.54, 1.807) is 13.8 Å². The van der Waals surface area contributed by atoms with Gasteiger partial charge in [-0.15, -0.1) is 0 Å². The van der Waals surface area contributed by atoms with Crippen LogP contribution in [0.5, 0.6) is 0 Å². The Morgan fingerprint density at radius 2 is 0.394 bits per heavy atom. The standard InChI is InChI=1S/C72H142N44O16/c1-36(2)50(73)61(130)116-47(35-117)60(129)114-44(20-10-30-101-70(88)89)58(127)112-43(19-9-29-100-69(86)87)57(126)111-42(18-8-28-99-68(84)85)56(125)110-41(17-7-27-98-67(82)83)55(124)109-39(15-5-25-96-65(78)79)53(122)107-37(13-3-23-94-63(74)75)51(120)105-33-48(118)104-34-49(119)106-38(14-4-24-95-64(76)77)52(121)108-40(16-6-26-97-66(80)81)54(123)113-45(21-11-31-102-71(90)91)59(128)115-46(62(131)132)22-12-32-103-72(92)93/h36-47,50,117H,3-35,73H2,1-2H3,(H,104,118)(H,105,120)(H,106,119)(H,107,122)(H,108,121)(H,109,124)(H,110,125)(H,111,126)(H,112,127)(H,113,123)(H,114,129)(H,115,128)(H,116,130)(H,131,132)(H4,74,75,94)(H4,76,77,95)(H4,78,79,96)(H4,80,81,97)(H4,82,83,98)(H4,84,85,99)(H4,86,87,100)(H4,88,89,101)(H4,90,91,102)(H4,92,93,103). The van der Waals surface area contributed by atoms with Crippen LogP contribution in [0.25, 0.3) is 0 Å². The maximum atomic E-state index is 14.9. The molecule has 0 aromatic carbocycles. The highest BCUT2D eigenvalue weighted by atomic mass is 16.4. The molecule has 0 heterocycles. The fourth-order valence-electron chi connectivity index (χ4n) is 12.0. The molecule has 0 spiro atoms. The van der Waals surface area contributed by atoms with Gasteiger partial charge >= 0.3 is 5.97 Å². The van der Waals surface area contributed by atoms with Crippen LogP contribution in [0, 0.1) is 60.0 Å². The lowest BCUT2D eigenvalue weighted by molar-refractivity contribution is -0.142. The minimum Gasteiger partial charge on any atom is -0.480 e. The predicted molar refractivity (Wildman–Crippen MR) is 486 cm³/mol. The zero-order valence-corrected chi connectivity index (χ0v) is 74.3. The minimum atomic E-state index is -1.65. The Kier molecular flexibility index (Phi) is 59.1. The molecule has 13 amide bonds. The molecule has 0 aliphatic carbocycles. The predicted octanol–water partition coefficient (Wildman–Crippen LogP) is -15.8. The highest BCUT2D eigenvalue weighted by Crippen LogP contribution is 2.13. The molecule has 0 aliphatic heterocycles. The van der Waals surface area contributed by atoms with Gasteiger partial charge in [0.25, 0.3) is 0 Å². The summed E-state index contributed by atoms with van der Waals surface area (Å²) in [5.41, 5.74) is 60.9. The second-order valence-electron chi connectivity index (χ2n) is 30.3. The van der Waals surface area contributed by atoms with Crippen LogP contribution in [0.15, 0.2) is 0 Å². The molecule has 0 fully saturated rings. The van der Waals surface area contributed by atoms with Gasteiger partial charge < -0.3 is 196 Å². The first-order valence-corrected chi connectivity index (χ1v) is 42.4. The number of nitrogens with two attached hydrogens (primary N) is 11. The Hall–Kier alpha value is -14.8. The molecule has 0 saturated carbocycles. The van der Waals surface area contributed by atoms with Crippen molar-refractivity contribution in [1.82, 2.24) is 122 Å². The molecule has 0 saturated heterocycles. The van der Waals surface area contributed by atoms with Gasteiger partial charge in [-0.05, 0) is 134 Å². The van der Waals surface area contributed by atoms with Crippen LogP contribution in [0.3, 0.4) is 0 Å². The lowest BCUT2D eigenvalue weighted by atomic mass is 10.0. The molecule has 0 aromatic rings. The smallest absolute Gasteiger partial charge is 0.326 e. The number of carbonyl (C=O) groups excluding carboxylic acids is 13. The fraction of sp³-hybridized carbons (Fsp3) is 0.667. The van der Waals surface area contributed by atoms with E-state index >= 15 is 0 Å². The molecule has 0 aliphatic rings. The molecule has 57 N–H and O–H groups in total. The first-order valence-electron chi connectivity index (χ1n) is 42.4. The van der Waals surface area contributed by atoms with Crippen LogP contribution < -0.4 is 185 Å². The maximum Gasteiger partial charge on any atom is 0.326 e. The topological polar surface area (TPSA) is 1080 Å². The summed E-state index contributed by atoms with van der Waals surface area (Å²) in [6.45, 7) is 0.290. The number of carboxylic acid groups (broad SMARTS) is 1. The quantitative estimate of drug-likeness (QED) is 0.0153.